The van der Waals surface area contributed by atoms with Crippen LogP contribution in [0, 0.1) is 10.1 Å². The fourth-order valence-electron chi connectivity index (χ4n) is 1.99. The molecule has 0 unspecified atom stereocenters. The van der Waals surface area contributed by atoms with Crippen molar-refractivity contribution in [1.82, 2.24) is 9.38 Å². The molecule has 124 valence electrons. The maximum Gasteiger partial charge on any atom is 0.376 e. The Kier molecular flexibility index (Phi) is 6.01. The molecule has 2 rings (SSSR count). The zero-order valence-electron chi connectivity index (χ0n) is 12.7. The van der Waals surface area contributed by atoms with Crippen LogP contribution in [0.15, 0.2) is 29.2 Å². The first-order valence-corrected chi connectivity index (χ1v) is 7.11. The Morgan fingerprint density at radius 3 is 2.91 bits per heavy atom. The van der Waals surface area contributed by atoms with Gasteiger partial charge in [0.15, 0.2) is 0 Å². The Balaban J connectivity index is 2.09. The van der Waals surface area contributed by atoms with Gasteiger partial charge < -0.3 is 14.8 Å². The third-order valence-electron chi connectivity index (χ3n) is 3.08. The van der Waals surface area contributed by atoms with Crippen LogP contribution in [-0.2, 0) is 9.47 Å². The number of hydrogen-bond acceptors (Lipinski definition) is 7. The Morgan fingerprint density at radius 1 is 1.35 bits per heavy atom. The SMILES string of the molecule is COCCOCCCNc1nc2ccccn2c(=O)c1[N+](=O)[O-]. The van der Waals surface area contributed by atoms with E-state index in [9.17, 15) is 14.9 Å². The molecule has 0 aromatic carbocycles. The van der Waals surface area contributed by atoms with Crippen LogP contribution in [0.3, 0.4) is 0 Å². The minimum atomic E-state index is -0.716. The first-order valence-electron chi connectivity index (χ1n) is 7.11. The molecule has 0 saturated carbocycles. The molecule has 23 heavy (non-hydrogen) atoms. The van der Waals surface area contributed by atoms with Crippen molar-refractivity contribution in [2.45, 2.75) is 6.42 Å². The Labute approximate surface area is 132 Å². The van der Waals surface area contributed by atoms with E-state index in [0.29, 0.717) is 38.4 Å². The molecule has 9 nitrogen and oxygen atoms in total. The van der Waals surface area contributed by atoms with Crippen LogP contribution >= 0.6 is 0 Å². The van der Waals surface area contributed by atoms with E-state index < -0.39 is 16.2 Å². The third-order valence-corrected chi connectivity index (χ3v) is 3.08. The maximum absolute atomic E-state index is 12.2. The number of nitro groups is 1. The average Bonchev–Trinajstić information content (AvgIpc) is 2.54. The van der Waals surface area contributed by atoms with Gasteiger partial charge in [0, 0.05) is 26.5 Å². The van der Waals surface area contributed by atoms with Crippen molar-refractivity contribution in [3.05, 3.63) is 44.9 Å². The highest BCUT2D eigenvalue weighted by Gasteiger charge is 2.22. The lowest BCUT2D eigenvalue weighted by Gasteiger charge is -2.08. The number of anilines is 1. The molecular weight excluding hydrogens is 304 g/mol. The van der Waals surface area contributed by atoms with Gasteiger partial charge in [-0.2, -0.15) is 0 Å². The standard InChI is InChI=1S/C14H18N4O5/c1-22-9-10-23-8-4-6-15-13-12(18(20)21)14(19)17-7-3-2-5-11(17)16-13/h2-3,5,7,15H,4,6,8-10H2,1H3. The Morgan fingerprint density at radius 2 is 2.17 bits per heavy atom. The van der Waals surface area contributed by atoms with Gasteiger partial charge in [-0.25, -0.2) is 4.98 Å². The maximum atomic E-state index is 12.2. The predicted octanol–water partition coefficient (Wildman–Crippen LogP) is 1.07. The summed E-state index contributed by atoms with van der Waals surface area (Å²) in [5.41, 5.74) is -0.921. The molecule has 0 radical (unpaired) electrons. The molecule has 0 fully saturated rings. The number of nitrogens with zero attached hydrogens (tertiary/aromatic N) is 3. The van der Waals surface area contributed by atoms with Gasteiger partial charge in [0.25, 0.3) is 0 Å². The van der Waals surface area contributed by atoms with Gasteiger partial charge in [-0.3, -0.25) is 19.3 Å². The van der Waals surface area contributed by atoms with Crippen molar-refractivity contribution < 1.29 is 14.4 Å². The van der Waals surface area contributed by atoms with Gasteiger partial charge >= 0.3 is 11.2 Å². The summed E-state index contributed by atoms with van der Waals surface area (Å²) >= 11 is 0. The normalized spacial score (nSPS) is 10.8. The van der Waals surface area contributed by atoms with Gasteiger partial charge in [-0.15, -0.1) is 0 Å². The third kappa shape index (κ3) is 4.24. The number of rotatable bonds is 9. The van der Waals surface area contributed by atoms with Crippen molar-refractivity contribution in [2.75, 3.05) is 38.8 Å². The van der Waals surface area contributed by atoms with Gasteiger partial charge in [-0.1, -0.05) is 6.07 Å². The van der Waals surface area contributed by atoms with E-state index >= 15 is 0 Å². The second-order valence-corrected chi connectivity index (χ2v) is 4.69. The summed E-state index contributed by atoms with van der Waals surface area (Å²) < 4.78 is 11.3. The molecule has 0 aliphatic carbocycles. The quantitative estimate of drug-likeness (QED) is 0.418. The van der Waals surface area contributed by atoms with Crippen LogP contribution in [0.4, 0.5) is 11.5 Å². The molecule has 0 amide bonds. The Bertz CT molecular complexity index is 731. The van der Waals surface area contributed by atoms with E-state index in [4.69, 9.17) is 9.47 Å². The second-order valence-electron chi connectivity index (χ2n) is 4.69. The van der Waals surface area contributed by atoms with E-state index in [1.165, 1.54) is 6.20 Å². The molecule has 0 aliphatic heterocycles. The molecule has 0 aliphatic rings. The summed E-state index contributed by atoms with van der Waals surface area (Å²) in [6, 6.07) is 4.94. The molecule has 2 aromatic heterocycles. The molecule has 2 heterocycles. The van der Waals surface area contributed by atoms with E-state index in [1.807, 2.05) is 0 Å². The summed E-state index contributed by atoms with van der Waals surface area (Å²) in [5, 5.41) is 14.0. The number of pyridine rings is 1. The van der Waals surface area contributed by atoms with Crippen LogP contribution in [0.5, 0.6) is 0 Å². The van der Waals surface area contributed by atoms with E-state index in [-0.39, 0.29) is 5.82 Å². The zero-order chi connectivity index (χ0) is 16.7. The lowest BCUT2D eigenvalue weighted by molar-refractivity contribution is -0.385. The first kappa shape index (κ1) is 16.8. The fourth-order valence-corrected chi connectivity index (χ4v) is 1.99. The predicted molar refractivity (Wildman–Crippen MR) is 83.9 cm³/mol. The number of aromatic nitrogens is 2. The first-order chi connectivity index (χ1) is 11.1. The van der Waals surface area contributed by atoms with Crippen LogP contribution < -0.4 is 10.9 Å². The molecule has 0 spiro atoms. The molecule has 0 atom stereocenters. The van der Waals surface area contributed by atoms with Crippen molar-refractivity contribution in [3.63, 3.8) is 0 Å². The molecule has 2 aromatic rings. The topological polar surface area (TPSA) is 108 Å². The van der Waals surface area contributed by atoms with Crippen LogP contribution in [0.1, 0.15) is 6.42 Å². The van der Waals surface area contributed by atoms with E-state index in [2.05, 4.69) is 10.3 Å². The molecular formula is C14H18N4O5. The monoisotopic (exact) mass is 322 g/mol. The fraction of sp³-hybridized carbons (Fsp3) is 0.429. The van der Waals surface area contributed by atoms with Crippen LogP contribution in [0.2, 0.25) is 0 Å². The largest absolute Gasteiger partial charge is 0.382 e. The lowest BCUT2D eigenvalue weighted by atomic mass is 10.4. The van der Waals surface area contributed by atoms with E-state index in [0.717, 1.165) is 4.40 Å². The number of hydrogen-bond donors (Lipinski definition) is 1. The summed E-state index contributed by atoms with van der Waals surface area (Å²) in [5.74, 6) is -0.0249. The molecule has 9 heteroatoms. The van der Waals surface area contributed by atoms with Gasteiger partial charge in [0.1, 0.15) is 5.65 Å². The number of fused-ring (bicyclic) bond motifs is 1. The zero-order valence-corrected chi connectivity index (χ0v) is 12.7. The average molecular weight is 322 g/mol. The van der Waals surface area contributed by atoms with Crippen molar-refractivity contribution in [1.29, 1.82) is 0 Å². The summed E-state index contributed by atoms with van der Waals surface area (Å²) in [7, 11) is 1.59. The molecule has 0 saturated heterocycles. The molecule has 1 N–H and O–H groups in total. The summed E-state index contributed by atoms with van der Waals surface area (Å²) in [4.78, 5) is 26.8. The summed E-state index contributed by atoms with van der Waals surface area (Å²) in [6.45, 7) is 1.90. The smallest absolute Gasteiger partial charge is 0.376 e. The van der Waals surface area contributed by atoms with Crippen molar-refractivity contribution in [2.24, 2.45) is 0 Å². The van der Waals surface area contributed by atoms with Gasteiger partial charge in [-0.05, 0) is 18.6 Å². The minimum Gasteiger partial charge on any atom is -0.382 e. The van der Waals surface area contributed by atoms with E-state index in [1.54, 1.807) is 25.3 Å². The highest BCUT2D eigenvalue weighted by atomic mass is 16.6. The highest BCUT2D eigenvalue weighted by molar-refractivity contribution is 5.59. The van der Waals surface area contributed by atoms with Crippen molar-refractivity contribution in [3.8, 4) is 0 Å². The van der Waals surface area contributed by atoms with Crippen LogP contribution in [0.25, 0.3) is 5.65 Å². The highest BCUT2D eigenvalue weighted by Crippen LogP contribution is 2.17. The number of methoxy groups -OCH3 is 1. The van der Waals surface area contributed by atoms with Crippen LogP contribution in [-0.4, -0.2) is 47.8 Å². The minimum absolute atomic E-state index is 0.0249. The van der Waals surface area contributed by atoms with Crippen molar-refractivity contribution >= 4 is 17.2 Å². The lowest BCUT2D eigenvalue weighted by Crippen LogP contribution is -2.21. The molecule has 0 bridgehead atoms. The second kappa shape index (κ2) is 8.20. The summed E-state index contributed by atoms with van der Waals surface area (Å²) in [6.07, 6.45) is 2.07. The number of nitrogens with one attached hydrogen (secondary N) is 1. The Hall–Kier alpha value is -2.52. The van der Waals surface area contributed by atoms with Gasteiger partial charge in [0.05, 0.1) is 18.1 Å². The van der Waals surface area contributed by atoms with Gasteiger partial charge in [0.2, 0.25) is 5.82 Å². The number of ether oxygens (including phenoxy) is 2.